The van der Waals surface area contributed by atoms with Gasteiger partial charge in [-0.05, 0) is 52.8 Å². The van der Waals surface area contributed by atoms with Gasteiger partial charge in [-0.3, -0.25) is 9.78 Å². The van der Waals surface area contributed by atoms with Gasteiger partial charge in [0.2, 0.25) is 5.91 Å². The molecule has 4 aromatic rings. The number of amides is 1. The molecule has 33 heavy (non-hydrogen) atoms. The molecular formula is C26H25N3O3S. The number of rotatable bonds is 8. The summed E-state index contributed by atoms with van der Waals surface area (Å²) in [6, 6.07) is 18.7. The molecule has 2 aromatic carbocycles. The van der Waals surface area contributed by atoms with E-state index in [-0.39, 0.29) is 25.0 Å². The molecule has 0 saturated carbocycles. The van der Waals surface area contributed by atoms with Crippen molar-refractivity contribution in [3.63, 3.8) is 0 Å². The Balaban J connectivity index is 1.38. The van der Waals surface area contributed by atoms with Crippen LogP contribution in [-0.4, -0.2) is 23.4 Å². The van der Waals surface area contributed by atoms with Crippen molar-refractivity contribution >= 4 is 38.3 Å². The highest BCUT2D eigenvalue weighted by Crippen LogP contribution is 2.30. The van der Waals surface area contributed by atoms with Crippen LogP contribution in [0, 0.1) is 0 Å². The summed E-state index contributed by atoms with van der Waals surface area (Å²) in [5, 5.41) is 4.76. The van der Waals surface area contributed by atoms with Crippen molar-refractivity contribution < 1.29 is 14.3 Å². The molecular weight excluding hydrogens is 434 g/mol. The zero-order chi connectivity index (χ0) is 23.2. The minimum Gasteiger partial charge on any atom is -0.457 e. The summed E-state index contributed by atoms with van der Waals surface area (Å²) >= 11 is 1.48. The number of benzene rings is 2. The SMILES string of the molecule is CCc1cccc(C(=O)OCc2ccc([C@@H](CN)C(=O)Nc3cc4ccncc4s3)cc2)c1. The third kappa shape index (κ3) is 5.45. The van der Waals surface area contributed by atoms with E-state index in [2.05, 4.69) is 10.3 Å². The number of esters is 1. The lowest BCUT2D eigenvalue weighted by Gasteiger charge is -2.15. The molecule has 0 unspecified atom stereocenters. The van der Waals surface area contributed by atoms with Crippen molar-refractivity contribution in [1.82, 2.24) is 4.98 Å². The number of aryl methyl sites for hydroxylation is 1. The van der Waals surface area contributed by atoms with Gasteiger partial charge in [-0.25, -0.2) is 4.79 Å². The maximum atomic E-state index is 12.9. The van der Waals surface area contributed by atoms with Crippen LogP contribution in [0.1, 0.15) is 39.9 Å². The van der Waals surface area contributed by atoms with Crippen molar-refractivity contribution in [3.05, 3.63) is 95.3 Å². The quantitative estimate of drug-likeness (QED) is 0.366. The minimum atomic E-state index is -0.485. The van der Waals surface area contributed by atoms with Gasteiger partial charge in [0.1, 0.15) is 6.61 Å². The number of hydrogen-bond donors (Lipinski definition) is 2. The molecule has 4 rings (SSSR count). The first kappa shape index (κ1) is 22.6. The average molecular weight is 460 g/mol. The number of nitrogens with one attached hydrogen (secondary N) is 1. The highest BCUT2D eigenvalue weighted by Gasteiger charge is 2.20. The lowest BCUT2D eigenvalue weighted by atomic mass is 9.97. The molecule has 1 amide bonds. The molecule has 0 aliphatic heterocycles. The van der Waals surface area contributed by atoms with Crippen LogP contribution in [0.4, 0.5) is 5.00 Å². The van der Waals surface area contributed by atoms with Crippen molar-refractivity contribution in [2.24, 2.45) is 5.73 Å². The van der Waals surface area contributed by atoms with Crippen molar-refractivity contribution in [2.45, 2.75) is 25.9 Å². The molecule has 168 valence electrons. The van der Waals surface area contributed by atoms with Crippen LogP contribution in [0.25, 0.3) is 10.1 Å². The Hall–Kier alpha value is -3.55. The summed E-state index contributed by atoms with van der Waals surface area (Å²) in [5.41, 5.74) is 9.21. The maximum Gasteiger partial charge on any atom is 0.338 e. The van der Waals surface area contributed by atoms with E-state index in [4.69, 9.17) is 10.5 Å². The number of nitrogens with zero attached hydrogens (tertiary/aromatic N) is 1. The smallest absolute Gasteiger partial charge is 0.338 e. The number of hydrogen-bond acceptors (Lipinski definition) is 6. The first-order valence-corrected chi connectivity index (χ1v) is 11.6. The third-order valence-electron chi connectivity index (χ3n) is 5.44. The summed E-state index contributed by atoms with van der Waals surface area (Å²) in [4.78, 5) is 29.3. The molecule has 0 aliphatic rings. The van der Waals surface area contributed by atoms with Gasteiger partial charge in [-0.2, -0.15) is 0 Å². The maximum absolute atomic E-state index is 12.9. The van der Waals surface area contributed by atoms with Gasteiger partial charge in [0.05, 0.1) is 21.2 Å². The van der Waals surface area contributed by atoms with Crippen LogP contribution >= 0.6 is 11.3 Å². The summed E-state index contributed by atoms with van der Waals surface area (Å²) < 4.78 is 6.46. The minimum absolute atomic E-state index is 0.158. The van der Waals surface area contributed by atoms with Gasteiger partial charge in [0.25, 0.3) is 0 Å². The second kappa shape index (κ2) is 10.4. The summed E-state index contributed by atoms with van der Waals surface area (Å²) in [6.45, 7) is 2.38. The average Bonchev–Trinajstić information content (AvgIpc) is 3.26. The Morgan fingerprint density at radius 1 is 1.09 bits per heavy atom. The van der Waals surface area contributed by atoms with Crippen molar-refractivity contribution in [3.8, 4) is 0 Å². The van der Waals surface area contributed by atoms with Gasteiger partial charge in [0.15, 0.2) is 0 Å². The largest absolute Gasteiger partial charge is 0.457 e. The molecule has 0 spiro atoms. The second-order valence-electron chi connectivity index (χ2n) is 7.67. The number of aromatic nitrogens is 1. The molecule has 7 heteroatoms. The Labute approximate surface area is 196 Å². The fourth-order valence-electron chi connectivity index (χ4n) is 3.55. The number of carbonyl (C=O) groups excluding carboxylic acids is 2. The standard InChI is InChI=1S/C26H25N3O3S/c1-2-17-4-3-5-21(12-17)26(31)32-16-18-6-8-19(9-7-18)22(14-27)25(30)29-24-13-20-10-11-28-15-23(20)33-24/h3-13,15,22H,2,14,16,27H2,1H3,(H,29,30)/t22-/m1/s1. The number of pyridine rings is 1. The fraction of sp³-hybridized carbons (Fsp3) is 0.192. The van der Waals surface area contributed by atoms with E-state index >= 15 is 0 Å². The number of fused-ring (bicyclic) bond motifs is 1. The molecule has 3 N–H and O–H groups in total. The monoisotopic (exact) mass is 459 g/mol. The van der Waals surface area contributed by atoms with Crippen LogP contribution < -0.4 is 11.1 Å². The Kier molecular flexibility index (Phi) is 7.12. The number of carbonyl (C=O) groups is 2. The van der Waals surface area contributed by atoms with Crippen molar-refractivity contribution in [1.29, 1.82) is 0 Å². The second-order valence-corrected chi connectivity index (χ2v) is 8.76. The number of ether oxygens (including phenoxy) is 1. The highest BCUT2D eigenvalue weighted by atomic mass is 32.1. The number of nitrogens with two attached hydrogens (primary N) is 1. The Bertz CT molecular complexity index is 1230. The van der Waals surface area contributed by atoms with E-state index in [1.165, 1.54) is 11.3 Å². The lowest BCUT2D eigenvalue weighted by molar-refractivity contribution is -0.117. The van der Waals surface area contributed by atoms with E-state index in [0.29, 0.717) is 5.56 Å². The van der Waals surface area contributed by atoms with Crippen molar-refractivity contribution in [2.75, 3.05) is 11.9 Å². The number of thiophene rings is 1. The molecule has 2 heterocycles. The third-order valence-corrected chi connectivity index (χ3v) is 6.45. The Morgan fingerprint density at radius 3 is 2.64 bits per heavy atom. The normalized spacial score (nSPS) is 11.8. The van der Waals surface area contributed by atoms with Crippen LogP contribution in [0.2, 0.25) is 0 Å². The summed E-state index contributed by atoms with van der Waals surface area (Å²) in [6.07, 6.45) is 4.37. The highest BCUT2D eigenvalue weighted by molar-refractivity contribution is 7.22. The summed E-state index contributed by atoms with van der Waals surface area (Å²) in [7, 11) is 0. The van der Waals surface area contributed by atoms with E-state index in [0.717, 1.165) is 38.2 Å². The number of anilines is 1. The fourth-order valence-corrected chi connectivity index (χ4v) is 4.48. The Morgan fingerprint density at radius 2 is 1.91 bits per heavy atom. The van der Waals surface area contributed by atoms with Crippen LogP contribution in [0.5, 0.6) is 0 Å². The predicted octanol–water partition coefficient (Wildman–Crippen LogP) is 4.90. The van der Waals surface area contributed by atoms with Gasteiger partial charge in [-0.15, -0.1) is 11.3 Å². The molecule has 6 nitrogen and oxygen atoms in total. The zero-order valence-corrected chi connectivity index (χ0v) is 19.1. The first-order valence-electron chi connectivity index (χ1n) is 10.8. The molecule has 0 aliphatic carbocycles. The van der Waals surface area contributed by atoms with Crippen LogP contribution in [0.15, 0.2) is 73.1 Å². The van der Waals surface area contributed by atoms with Crippen LogP contribution in [-0.2, 0) is 22.6 Å². The van der Waals surface area contributed by atoms with Gasteiger partial charge >= 0.3 is 5.97 Å². The van der Waals surface area contributed by atoms with Gasteiger partial charge in [-0.1, -0.05) is 43.3 Å². The molecule has 1 atom stereocenters. The molecule has 0 fully saturated rings. The zero-order valence-electron chi connectivity index (χ0n) is 18.3. The van der Waals surface area contributed by atoms with E-state index < -0.39 is 5.92 Å². The van der Waals surface area contributed by atoms with Crippen LogP contribution in [0.3, 0.4) is 0 Å². The molecule has 0 radical (unpaired) electrons. The molecule has 0 saturated heterocycles. The van der Waals surface area contributed by atoms with Gasteiger partial charge < -0.3 is 15.8 Å². The van der Waals surface area contributed by atoms with E-state index in [1.807, 2.05) is 61.5 Å². The first-order chi connectivity index (χ1) is 16.1. The topological polar surface area (TPSA) is 94.3 Å². The summed E-state index contributed by atoms with van der Waals surface area (Å²) in [5.74, 6) is -0.999. The van der Waals surface area contributed by atoms with E-state index in [1.54, 1.807) is 18.5 Å². The predicted molar refractivity (Wildman–Crippen MR) is 131 cm³/mol. The van der Waals surface area contributed by atoms with E-state index in [9.17, 15) is 9.59 Å². The molecule has 0 bridgehead atoms. The lowest BCUT2D eigenvalue weighted by Crippen LogP contribution is -2.27. The molecule has 2 aromatic heterocycles. The van der Waals surface area contributed by atoms with Gasteiger partial charge in [0, 0.05) is 18.9 Å².